The molecule has 74 valence electrons. The molecule has 3 heteroatoms. The first kappa shape index (κ1) is 10.4. The lowest BCUT2D eigenvalue weighted by Crippen LogP contribution is -2.43. The minimum absolute atomic E-state index is 0.0935. The van der Waals surface area contributed by atoms with E-state index in [2.05, 4.69) is 18.1 Å². The molecule has 1 saturated heterocycles. The smallest absolute Gasteiger partial charge is 0.0951 e. The molecule has 0 aromatic heterocycles. The summed E-state index contributed by atoms with van der Waals surface area (Å²) in [6.07, 6.45) is 3.28. The number of rotatable bonds is 5. The monoisotopic (exact) mass is 183 g/mol. The number of hydrogen-bond donors (Lipinski definition) is 1. The van der Waals surface area contributed by atoms with E-state index in [0.717, 1.165) is 13.1 Å². The minimum atomic E-state index is -0.375. The Bertz CT molecular complexity index is 172. The summed E-state index contributed by atoms with van der Waals surface area (Å²) in [4.78, 5) is 2.11. The molecular formula is C10H17NO2. The lowest BCUT2D eigenvalue weighted by molar-refractivity contribution is 0.0942. The van der Waals surface area contributed by atoms with E-state index >= 15 is 0 Å². The highest BCUT2D eigenvalue weighted by Gasteiger charge is 2.30. The van der Waals surface area contributed by atoms with Crippen LogP contribution in [0.5, 0.6) is 0 Å². The lowest BCUT2D eigenvalue weighted by Gasteiger charge is -2.27. The van der Waals surface area contributed by atoms with Gasteiger partial charge in [0.1, 0.15) is 0 Å². The largest absolute Gasteiger partial charge is 0.389 e. The highest BCUT2D eigenvalue weighted by Crippen LogP contribution is 2.12. The molecular weight excluding hydrogens is 166 g/mol. The van der Waals surface area contributed by atoms with Crippen molar-refractivity contribution in [1.82, 2.24) is 4.90 Å². The van der Waals surface area contributed by atoms with E-state index in [9.17, 15) is 5.11 Å². The summed E-state index contributed by atoms with van der Waals surface area (Å²) in [5.41, 5.74) is 0. The van der Waals surface area contributed by atoms with Gasteiger partial charge in [0.15, 0.2) is 0 Å². The molecule has 1 N–H and O–H groups in total. The molecule has 0 saturated carbocycles. The van der Waals surface area contributed by atoms with Gasteiger partial charge in [0.05, 0.1) is 25.4 Å². The number of nitrogens with zero attached hydrogens (tertiary/aromatic N) is 1. The maximum Gasteiger partial charge on any atom is 0.0951 e. The zero-order chi connectivity index (χ0) is 9.68. The number of ether oxygens (including phenoxy) is 1. The van der Waals surface area contributed by atoms with E-state index in [1.807, 2.05) is 12.2 Å². The molecule has 0 aliphatic carbocycles. The third-order valence-electron chi connectivity index (χ3n) is 2.22. The Labute approximate surface area is 79.3 Å². The number of aliphatic hydroxyl groups is 1. The van der Waals surface area contributed by atoms with Gasteiger partial charge in [-0.15, -0.1) is 13.2 Å². The molecule has 0 unspecified atom stereocenters. The van der Waals surface area contributed by atoms with Gasteiger partial charge in [-0.25, -0.2) is 0 Å². The highest BCUT2D eigenvalue weighted by molar-refractivity contribution is 4.90. The van der Waals surface area contributed by atoms with Gasteiger partial charge in [-0.05, 0) is 0 Å². The summed E-state index contributed by atoms with van der Waals surface area (Å²) >= 11 is 0. The molecule has 13 heavy (non-hydrogen) atoms. The average Bonchev–Trinajstić information content (AvgIpc) is 2.51. The first-order chi connectivity index (χ1) is 6.29. The molecule has 1 fully saturated rings. The van der Waals surface area contributed by atoms with Gasteiger partial charge in [0.25, 0.3) is 0 Å². The van der Waals surface area contributed by atoms with E-state index in [4.69, 9.17) is 4.74 Å². The van der Waals surface area contributed by atoms with Crippen molar-refractivity contribution in [2.45, 2.75) is 12.1 Å². The minimum Gasteiger partial charge on any atom is -0.389 e. The summed E-state index contributed by atoms with van der Waals surface area (Å²) in [6, 6.07) is 0.0935. The SMILES string of the molecule is C=CCN(CC=C)[C@H]1COC[C@@H]1O. The van der Waals surface area contributed by atoms with Gasteiger partial charge in [-0.2, -0.15) is 0 Å². The van der Waals surface area contributed by atoms with E-state index in [1.165, 1.54) is 0 Å². The Morgan fingerprint density at radius 3 is 2.31 bits per heavy atom. The van der Waals surface area contributed by atoms with Crippen LogP contribution in [0.25, 0.3) is 0 Å². The van der Waals surface area contributed by atoms with Crippen molar-refractivity contribution < 1.29 is 9.84 Å². The average molecular weight is 183 g/mol. The second kappa shape index (κ2) is 5.17. The van der Waals surface area contributed by atoms with Crippen LogP contribution in [0.1, 0.15) is 0 Å². The summed E-state index contributed by atoms with van der Waals surface area (Å²) in [6.45, 7) is 9.92. The molecule has 1 aliphatic heterocycles. The number of hydrogen-bond acceptors (Lipinski definition) is 3. The van der Waals surface area contributed by atoms with Crippen molar-refractivity contribution >= 4 is 0 Å². The van der Waals surface area contributed by atoms with Crippen LogP contribution in [0.4, 0.5) is 0 Å². The van der Waals surface area contributed by atoms with Crippen molar-refractivity contribution in [2.75, 3.05) is 26.3 Å². The van der Waals surface area contributed by atoms with Crippen LogP contribution < -0.4 is 0 Å². The van der Waals surface area contributed by atoms with Gasteiger partial charge in [0.2, 0.25) is 0 Å². The van der Waals surface area contributed by atoms with Crippen molar-refractivity contribution in [1.29, 1.82) is 0 Å². The van der Waals surface area contributed by atoms with Crippen molar-refractivity contribution in [3.05, 3.63) is 25.3 Å². The van der Waals surface area contributed by atoms with Crippen LogP contribution in [-0.2, 0) is 4.74 Å². The zero-order valence-electron chi connectivity index (χ0n) is 7.85. The fourth-order valence-electron chi connectivity index (χ4n) is 1.56. The Kier molecular flexibility index (Phi) is 4.15. The first-order valence-corrected chi connectivity index (χ1v) is 4.51. The molecule has 0 aromatic carbocycles. The van der Waals surface area contributed by atoms with Gasteiger partial charge >= 0.3 is 0 Å². The second-order valence-corrected chi connectivity index (χ2v) is 3.20. The Morgan fingerprint density at radius 1 is 1.31 bits per heavy atom. The van der Waals surface area contributed by atoms with E-state index in [-0.39, 0.29) is 12.1 Å². The van der Waals surface area contributed by atoms with Crippen LogP contribution in [0.15, 0.2) is 25.3 Å². The lowest BCUT2D eigenvalue weighted by atomic mass is 10.2. The van der Waals surface area contributed by atoms with Crippen LogP contribution in [0, 0.1) is 0 Å². The number of aliphatic hydroxyl groups excluding tert-OH is 1. The Balaban J connectivity index is 2.51. The molecule has 2 atom stereocenters. The highest BCUT2D eigenvalue weighted by atomic mass is 16.5. The fraction of sp³-hybridized carbons (Fsp3) is 0.600. The second-order valence-electron chi connectivity index (χ2n) is 3.20. The molecule has 1 aliphatic rings. The predicted molar refractivity (Wildman–Crippen MR) is 52.6 cm³/mol. The molecule has 0 radical (unpaired) electrons. The maximum atomic E-state index is 9.58. The normalized spacial score (nSPS) is 27.8. The van der Waals surface area contributed by atoms with E-state index < -0.39 is 0 Å². The van der Waals surface area contributed by atoms with Crippen molar-refractivity contribution in [3.63, 3.8) is 0 Å². The summed E-state index contributed by atoms with van der Waals surface area (Å²) in [5, 5.41) is 9.58. The van der Waals surface area contributed by atoms with Gasteiger partial charge < -0.3 is 9.84 Å². The molecule has 1 rings (SSSR count). The van der Waals surface area contributed by atoms with Crippen molar-refractivity contribution in [3.8, 4) is 0 Å². The third kappa shape index (κ3) is 2.66. The van der Waals surface area contributed by atoms with Crippen molar-refractivity contribution in [2.24, 2.45) is 0 Å². The summed E-state index contributed by atoms with van der Waals surface area (Å²) < 4.78 is 5.18. The van der Waals surface area contributed by atoms with Crippen LogP contribution in [0.3, 0.4) is 0 Å². The molecule has 1 heterocycles. The van der Waals surface area contributed by atoms with Crippen LogP contribution in [0.2, 0.25) is 0 Å². The third-order valence-corrected chi connectivity index (χ3v) is 2.22. The standard InChI is InChI=1S/C10H17NO2/c1-3-5-11(6-4-2)9-7-13-8-10(9)12/h3-4,9-10,12H,1-2,5-8H2/t9-,10-/m0/s1. The van der Waals surface area contributed by atoms with Gasteiger partial charge in [-0.1, -0.05) is 12.2 Å². The van der Waals surface area contributed by atoms with E-state index in [0.29, 0.717) is 13.2 Å². The molecule has 0 bridgehead atoms. The Hall–Kier alpha value is -0.640. The topological polar surface area (TPSA) is 32.7 Å². The fourth-order valence-corrected chi connectivity index (χ4v) is 1.56. The van der Waals surface area contributed by atoms with Gasteiger partial charge in [0, 0.05) is 13.1 Å². The van der Waals surface area contributed by atoms with Crippen LogP contribution in [-0.4, -0.2) is 48.5 Å². The summed E-state index contributed by atoms with van der Waals surface area (Å²) in [7, 11) is 0. The molecule has 0 aromatic rings. The first-order valence-electron chi connectivity index (χ1n) is 4.51. The quantitative estimate of drug-likeness (QED) is 0.627. The Morgan fingerprint density at radius 2 is 1.92 bits per heavy atom. The van der Waals surface area contributed by atoms with E-state index in [1.54, 1.807) is 0 Å². The molecule has 3 nitrogen and oxygen atoms in total. The molecule has 0 spiro atoms. The zero-order valence-corrected chi connectivity index (χ0v) is 7.85. The molecule has 0 amide bonds. The predicted octanol–water partition coefficient (Wildman–Crippen LogP) is 0.420. The van der Waals surface area contributed by atoms with Crippen LogP contribution >= 0.6 is 0 Å². The van der Waals surface area contributed by atoms with Gasteiger partial charge in [-0.3, -0.25) is 4.90 Å². The maximum absolute atomic E-state index is 9.58. The summed E-state index contributed by atoms with van der Waals surface area (Å²) in [5.74, 6) is 0.